The standard InChI is InChI=1S/C21H27N5O4/c1-4-10-30-17(27)6-5-7-22-8-9-26-16-12-14(3)13(2)11-15(16)23-18-19(26)24-21(29)25-20(18)28/h11-12,22H,4-10H2,1-3H3,(H,25,28,29). The summed E-state index contributed by atoms with van der Waals surface area (Å²) in [7, 11) is 0. The number of benzene rings is 1. The van der Waals surface area contributed by atoms with Crippen molar-refractivity contribution in [1.82, 2.24) is 24.8 Å². The predicted molar refractivity (Wildman–Crippen MR) is 114 cm³/mol. The van der Waals surface area contributed by atoms with E-state index in [4.69, 9.17) is 4.74 Å². The Morgan fingerprint density at radius 3 is 2.70 bits per heavy atom. The minimum atomic E-state index is -0.690. The van der Waals surface area contributed by atoms with Gasteiger partial charge in [-0.2, -0.15) is 4.98 Å². The largest absolute Gasteiger partial charge is 0.466 e. The Balaban J connectivity index is 1.78. The van der Waals surface area contributed by atoms with E-state index < -0.39 is 11.2 Å². The smallest absolute Gasteiger partial charge is 0.349 e. The molecule has 9 nitrogen and oxygen atoms in total. The zero-order chi connectivity index (χ0) is 21.7. The van der Waals surface area contributed by atoms with E-state index in [9.17, 15) is 14.4 Å². The quantitative estimate of drug-likeness (QED) is 0.310. The molecule has 0 radical (unpaired) electrons. The number of ether oxygens (including phenoxy) is 1. The zero-order valence-corrected chi connectivity index (χ0v) is 17.6. The van der Waals surface area contributed by atoms with E-state index in [0.717, 1.165) is 23.1 Å². The second-order valence-corrected chi connectivity index (χ2v) is 7.31. The molecular formula is C21H27N5O4. The number of fused-ring (bicyclic) bond motifs is 2. The van der Waals surface area contributed by atoms with Crippen LogP contribution in [0.2, 0.25) is 0 Å². The summed E-state index contributed by atoms with van der Waals surface area (Å²) in [4.78, 5) is 46.2. The van der Waals surface area contributed by atoms with Gasteiger partial charge in [0.05, 0.1) is 17.6 Å². The third-order valence-electron chi connectivity index (χ3n) is 4.94. The lowest BCUT2D eigenvalue weighted by Gasteiger charge is -2.18. The number of carbonyl (C=O) groups is 1. The second kappa shape index (κ2) is 9.62. The zero-order valence-electron chi connectivity index (χ0n) is 17.6. The third kappa shape index (κ3) is 4.91. The third-order valence-corrected chi connectivity index (χ3v) is 4.94. The number of nitrogens with one attached hydrogen (secondary N) is 2. The second-order valence-electron chi connectivity index (χ2n) is 7.31. The Labute approximate surface area is 173 Å². The van der Waals surface area contributed by atoms with Crippen LogP contribution in [0.1, 0.15) is 37.3 Å². The number of H-pyrrole nitrogens is 1. The molecule has 2 aliphatic rings. The number of nitrogens with zero attached hydrogens (tertiary/aromatic N) is 3. The summed E-state index contributed by atoms with van der Waals surface area (Å²) in [5.41, 5.74) is 2.55. The Bertz CT molecular complexity index is 1130. The van der Waals surface area contributed by atoms with Crippen molar-refractivity contribution in [3.8, 4) is 11.5 Å². The lowest BCUT2D eigenvalue weighted by Crippen LogP contribution is -2.30. The van der Waals surface area contributed by atoms with E-state index in [2.05, 4.69) is 20.3 Å². The van der Waals surface area contributed by atoms with E-state index in [1.54, 1.807) is 0 Å². The maximum atomic E-state index is 12.3. The minimum absolute atomic E-state index is 0.143. The number of aromatic amines is 1. The van der Waals surface area contributed by atoms with Crippen LogP contribution in [0.5, 0.6) is 0 Å². The molecule has 2 N–H and O–H groups in total. The van der Waals surface area contributed by atoms with E-state index >= 15 is 0 Å². The first-order chi connectivity index (χ1) is 14.4. The number of aryl methyl sites for hydroxylation is 2. The van der Waals surface area contributed by atoms with Gasteiger partial charge in [-0.1, -0.05) is 6.92 Å². The summed E-state index contributed by atoms with van der Waals surface area (Å²) in [5.74, 6) is 0.0841. The summed E-state index contributed by atoms with van der Waals surface area (Å²) < 4.78 is 6.91. The van der Waals surface area contributed by atoms with Gasteiger partial charge >= 0.3 is 11.7 Å². The van der Waals surface area contributed by atoms with Gasteiger partial charge in [-0.05, 0) is 56.5 Å². The van der Waals surface area contributed by atoms with Crippen LogP contribution in [-0.4, -0.2) is 45.2 Å². The molecule has 0 aromatic heterocycles. The first-order valence-corrected chi connectivity index (χ1v) is 10.2. The normalized spacial score (nSPS) is 11.3. The van der Waals surface area contributed by atoms with Crippen molar-refractivity contribution < 1.29 is 9.53 Å². The molecule has 0 spiro atoms. The van der Waals surface area contributed by atoms with Gasteiger partial charge in [-0.3, -0.25) is 14.6 Å². The number of rotatable bonds is 9. The van der Waals surface area contributed by atoms with Crippen molar-refractivity contribution in [3.05, 3.63) is 44.1 Å². The Kier molecular flexibility index (Phi) is 6.94. The molecule has 0 saturated carbocycles. The molecule has 0 saturated heterocycles. The van der Waals surface area contributed by atoms with Crippen LogP contribution < -0.4 is 16.6 Å². The molecule has 0 bridgehead atoms. The van der Waals surface area contributed by atoms with Crippen LogP contribution in [0.15, 0.2) is 21.7 Å². The average molecular weight is 413 g/mol. The minimum Gasteiger partial charge on any atom is -0.466 e. The maximum absolute atomic E-state index is 12.3. The van der Waals surface area contributed by atoms with Gasteiger partial charge in [-0.15, -0.1) is 0 Å². The summed E-state index contributed by atoms with van der Waals surface area (Å²) in [6.07, 6.45) is 1.86. The van der Waals surface area contributed by atoms with Crippen molar-refractivity contribution >= 4 is 17.0 Å². The highest BCUT2D eigenvalue weighted by Gasteiger charge is 2.19. The highest BCUT2D eigenvalue weighted by atomic mass is 16.5. The summed E-state index contributed by atoms with van der Waals surface area (Å²) in [5, 5.41) is 3.29. The predicted octanol–water partition coefficient (Wildman–Crippen LogP) is 1.52. The summed E-state index contributed by atoms with van der Waals surface area (Å²) in [6, 6.07) is 3.93. The van der Waals surface area contributed by atoms with Crippen LogP contribution >= 0.6 is 0 Å². The summed E-state index contributed by atoms with van der Waals surface area (Å²) >= 11 is 0. The Morgan fingerprint density at radius 2 is 1.93 bits per heavy atom. The highest BCUT2D eigenvalue weighted by molar-refractivity contribution is 5.81. The van der Waals surface area contributed by atoms with Crippen molar-refractivity contribution in [2.75, 3.05) is 19.7 Å². The van der Waals surface area contributed by atoms with Crippen molar-refractivity contribution in [3.63, 3.8) is 0 Å². The Morgan fingerprint density at radius 1 is 1.17 bits per heavy atom. The number of hydrogen-bond acceptors (Lipinski definition) is 7. The van der Waals surface area contributed by atoms with Crippen molar-refractivity contribution in [2.24, 2.45) is 0 Å². The fourth-order valence-corrected chi connectivity index (χ4v) is 3.24. The molecule has 0 unspecified atom stereocenters. The SMILES string of the molecule is CCCOC(=O)CCCNCCn1c2nc(=O)[nH]c(=O)c-2nc2cc(C)c(C)cc21. The van der Waals surface area contributed by atoms with Crippen LogP contribution in [0.3, 0.4) is 0 Å². The van der Waals surface area contributed by atoms with Crippen LogP contribution in [0.4, 0.5) is 0 Å². The lowest BCUT2D eigenvalue weighted by atomic mass is 10.1. The molecule has 30 heavy (non-hydrogen) atoms. The van der Waals surface area contributed by atoms with Crippen molar-refractivity contribution in [1.29, 1.82) is 0 Å². The maximum Gasteiger partial charge on any atom is 0.349 e. The van der Waals surface area contributed by atoms with Gasteiger partial charge < -0.3 is 14.6 Å². The van der Waals surface area contributed by atoms with E-state index in [1.807, 2.05) is 37.5 Å². The number of esters is 1. The van der Waals surface area contributed by atoms with E-state index in [-0.39, 0.29) is 17.5 Å². The highest BCUT2D eigenvalue weighted by Crippen LogP contribution is 2.23. The summed E-state index contributed by atoms with van der Waals surface area (Å²) in [6.45, 7) is 8.14. The monoisotopic (exact) mass is 413 g/mol. The van der Waals surface area contributed by atoms with Gasteiger partial charge in [0.1, 0.15) is 0 Å². The van der Waals surface area contributed by atoms with Gasteiger partial charge in [0.15, 0.2) is 11.5 Å². The first-order valence-electron chi connectivity index (χ1n) is 10.2. The number of aromatic nitrogens is 4. The molecule has 2 aliphatic heterocycles. The fourth-order valence-electron chi connectivity index (χ4n) is 3.24. The molecule has 0 amide bonds. The number of hydrogen-bond donors (Lipinski definition) is 2. The molecule has 3 rings (SSSR count). The average Bonchev–Trinajstić information content (AvgIpc) is 2.70. The van der Waals surface area contributed by atoms with E-state index in [1.165, 1.54) is 0 Å². The molecule has 0 fully saturated rings. The van der Waals surface area contributed by atoms with Gasteiger partial charge in [0, 0.05) is 19.5 Å². The van der Waals surface area contributed by atoms with E-state index in [0.29, 0.717) is 44.6 Å². The van der Waals surface area contributed by atoms with Crippen LogP contribution in [-0.2, 0) is 16.1 Å². The first kappa shape index (κ1) is 21.6. The number of carbonyl (C=O) groups excluding carboxylic acids is 1. The molecule has 1 aromatic carbocycles. The van der Waals surface area contributed by atoms with Crippen molar-refractivity contribution in [2.45, 2.75) is 46.6 Å². The van der Waals surface area contributed by atoms with Gasteiger partial charge in [-0.25, -0.2) is 9.78 Å². The van der Waals surface area contributed by atoms with Gasteiger partial charge in [0.25, 0.3) is 5.56 Å². The van der Waals surface area contributed by atoms with Gasteiger partial charge in [0.2, 0.25) is 0 Å². The molecule has 1 aromatic rings. The van der Waals surface area contributed by atoms with Crippen LogP contribution in [0, 0.1) is 13.8 Å². The fraction of sp³-hybridized carbons (Fsp3) is 0.476. The molecule has 0 atom stereocenters. The lowest BCUT2D eigenvalue weighted by molar-refractivity contribution is -0.143. The molecule has 160 valence electrons. The Hall–Kier alpha value is -3.07. The molecule has 0 aliphatic carbocycles. The molecular weight excluding hydrogens is 386 g/mol. The van der Waals surface area contributed by atoms with Crippen LogP contribution in [0.25, 0.3) is 22.6 Å². The molecule has 9 heteroatoms. The topological polar surface area (TPSA) is 119 Å². The molecule has 2 heterocycles.